The van der Waals surface area contributed by atoms with Crippen molar-refractivity contribution in [2.45, 2.75) is 56.2 Å². The van der Waals surface area contributed by atoms with Crippen LogP contribution in [0.1, 0.15) is 50.8 Å². The second kappa shape index (κ2) is 6.20. The van der Waals surface area contributed by atoms with Crippen molar-refractivity contribution >= 4 is 23.4 Å². The van der Waals surface area contributed by atoms with Crippen LogP contribution in [0.15, 0.2) is 6.07 Å². The summed E-state index contributed by atoms with van der Waals surface area (Å²) in [6.07, 6.45) is 8.52. The first-order valence-corrected chi connectivity index (χ1v) is 8.99. The smallest absolute Gasteiger partial charge is 0.136 e. The number of nitrogens with zero attached hydrogens (tertiary/aromatic N) is 2. The van der Waals surface area contributed by atoms with Crippen molar-refractivity contribution in [2.24, 2.45) is 0 Å². The summed E-state index contributed by atoms with van der Waals surface area (Å²) in [4.78, 5) is 9.35. The zero-order valence-corrected chi connectivity index (χ0v) is 13.2. The van der Waals surface area contributed by atoms with Gasteiger partial charge in [-0.2, -0.15) is 11.8 Å². The molecule has 110 valence electrons. The summed E-state index contributed by atoms with van der Waals surface area (Å²) in [5.74, 6) is 3.58. The van der Waals surface area contributed by atoms with Crippen LogP contribution in [0.5, 0.6) is 0 Å². The number of hydrogen-bond acceptors (Lipinski definition) is 5. The van der Waals surface area contributed by atoms with E-state index in [1.165, 1.54) is 32.1 Å². The molecule has 1 aromatic heterocycles. The second-order valence-electron chi connectivity index (χ2n) is 5.81. The average molecular weight is 292 g/mol. The molecule has 20 heavy (non-hydrogen) atoms. The van der Waals surface area contributed by atoms with Crippen LogP contribution in [-0.2, 0) is 0 Å². The monoisotopic (exact) mass is 292 g/mol. The van der Waals surface area contributed by atoms with Gasteiger partial charge in [0.05, 0.1) is 0 Å². The first kappa shape index (κ1) is 14.0. The normalized spacial score (nSPS) is 25.7. The maximum atomic E-state index is 4.72. The van der Waals surface area contributed by atoms with Crippen molar-refractivity contribution in [2.75, 3.05) is 23.4 Å². The molecule has 0 bridgehead atoms. The molecule has 0 aromatic carbocycles. The van der Waals surface area contributed by atoms with E-state index in [1.807, 2.05) is 11.8 Å². The second-order valence-corrected chi connectivity index (χ2v) is 6.95. The number of anilines is 2. The minimum absolute atomic E-state index is 0.573. The van der Waals surface area contributed by atoms with Gasteiger partial charge >= 0.3 is 0 Å². The minimum Gasteiger partial charge on any atom is -0.370 e. The number of nitrogens with one attached hydrogen (secondary N) is 2. The highest BCUT2D eigenvalue weighted by Gasteiger charge is 2.28. The van der Waals surface area contributed by atoms with Crippen molar-refractivity contribution < 1.29 is 0 Å². The molecule has 2 N–H and O–H groups in total. The lowest BCUT2D eigenvalue weighted by Crippen LogP contribution is -2.18. The first-order valence-electron chi connectivity index (χ1n) is 7.70. The Morgan fingerprint density at radius 2 is 2.00 bits per heavy atom. The third-order valence-electron chi connectivity index (χ3n) is 4.11. The standard InChI is InChI=1S/C15H24N4S/c1-3-16-13-9-14(19-15(18-13)10-4-5-10)17-11-6-7-12(8-11)20-2/h9-12H,3-8H2,1-2H3,(H2,16,17,18,19). The predicted molar refractivity (Wildman–Crippen MR) is 86.7 cm³/mol. The summed E-state index contributed by atoms with van der Waals surface area (Å²) in [6.45, 7) is 3.00. The fraction of sp³-hybridized carbons (Fsp3) is 0.733. The van der Waals surface area contributed by atoms with Crippen LogP contribution in [0.25, 0.3) is 0 Å². The molecule has 2 atom stereocenters. The van der Waals surface area contributed by atoms with Crippen LogP contribution in [0.4, 0.5) is 11.6 Å². The maximum Gasteiger partial charge on any atom is 0.136 e. The van der Waals surface area contributed by atoms with Crippen LogP contribution in [-0.4, -0.2) is 34.1 Å². The van der Waals surface area contributed by atoms with Gasteiger partial charge < -0.3 is 10.6 Å². The van der Waals surface area contributed by atoms with E-state index in [9.17, 15) is 0 Å². The number of rotatable bonds is 6. The summed E-state index contributed by atoms with van der Waals surface area (Å²) in [7, 11) is 0. The highest BCUT2D eigenvalue weighted by molar-refractivity contribution is 7.99. The molecular weight excluding hydrogens is 268 g/mol. The molecule has 0 amide bonds. The molecule has 2 unspecified atom stereocenters. The van der Waals surface area contributed by atoms with Gasteiger partial charge in [-0.15, -0.1) is 0 Å². The van der Waals surface area contributed by atoms with E-state index in [0.29, 0.717) is 12.0 Å². The molecule has 2 aliphatic rings. The third kappa shape index (κ3) is 3.37. The van der Waals surface area contributed by atoms with E-state index in [-0.39, 0.29) is 0 Å². The van der Waals surface area contributed by atoms with E-state index in [1.54, 1.807) is 0 Å². The summed E-state index contributed by atoms with van der Waals surface area (Å²) in [6, 6.07) is 2.63. The lowest BCUT2D eigenvalue weighted by molar-refractivity contribution is 0.748. The summed E-state index contributed by atoms with van der Waals surface area (Å²) in [5.41, 5.74) is 0. The van der Waals surface area contributed by atoms with Gasteiger partial charge in [0.1, 0.15) is 17.5 Å². The van der Waals surface area contributed by atoms with Gasteiger partial charge in [0.15, 0.2) is 0 Å². The zero-order chi connectivity index (χ0) is 13.9. The van der Waals surface area contributed by atoms with Crippen molar-refractivity contribution in [3.63, 3.8) is 0 Å². The lowest BCUT2D eigenvalue weighted by Gasteiger charge is -2.15. The van der Waals surface area contributed by atoms with Crippen LogP contribution in [0.3, 0.4) is 0 Å². The Hall–Kier alpha value is -0.970. The molecule has 3 rings (SSSR count). The topological polar surface area (TPSA) is 49.8 Å². The lowest BCUT2D eigenvalue weighted by atomic mass is 10.2. The van der Waals surface area contributed by atoms with Crippen molar-refractivity contribution in [3.8, 4) is 0 Å². The molecule has 0 radical (unpaired) electrons. The average Bonchev–Trinajstić information content (AvgIpc) is 3.20. The highest BCUT2D eigenvalue weighted by Crippen LogP contribution is 2.39. The predicted octanol–water partition coefficient (Wildman–Crippen LogP) is 3.48. The zero-order valence-electron chi connectivity index (χ0n) is 12.4. The molecular formula is C15H24N4S. The molecule has 4 nitrogen and oxygen atoms in total. The van der Waals surface area contributed by atoms with Gasteiger partial charge in [0.2, 0.25) is 0 Å². The molecule has 2 aliphatic carbocycles. The first-order chi connectivity index (χ1) is 9.78. The van der Waals surface area contributed by atoms with E-state index in [4.69, 9.17) is 4.98 Å². The SMILES string of the molecule is CCNc1cc(NC2CCC(SC)C2)nc(C2CC2)n1. The number of aromatic nitrogens is 2. The fourth-order valence-corrected chi connectivity index (χ4v) is 3.63. The van der Waals surface area contributed by atoms with Crippen LogP contribution >= 0.6 is 11.8 Å². The molecule has 2 fully saturated rings. The Labute approximate surface area is 125 Å². The maximum absolute atomic E-state index is 4.72. The summed E-state index contributed by atoms with van der Waals surface area (Å²) in [5, 5.41) is 7.75. The van der Waals surface area contributed by atoms with E-state index >= 15 is 0 Å². The van der Waals surface area contributed by atoms with Gasteiger partial charge in [0, 0.05) is 29.8 Å². The molecule has 0 saturated heterocycles. The Bertz CT molecular complexity index is 461. The van der Waals surface area contributed by atoms with E-state index in [0.717, 1.165) is 29.3 Å². The van der Waals surface area contributed by atoms with Gasteiger partial charge in [-0.3, -0.25) is 0 Å². The molecule has 0 spiro atoms. The van der Waals surface area contributed by atoms with E-state index in [2.05, 4.69) is 34.9 Å². The van der Waals surface area contributed by atoms with Crippen LogP contribution in [0.2, 0.25) is 0 Å². The van der Waals surface area contributed by atoms with Crippen LogP contribution in [0, 0.1) is 0 Å². The molecule has 5 heteroatoms. The molecule has 0 aliphatic heterocycles. The van der Waals surface area contributed by atoms with Crippen LogP contribution < -0.4 is 10.6 Å². The van der Waals surface area contributed by atoms with Gasteiger partial charge in [-0.25, -0.2) is 9.97 Å². The number of thioether (sulfide) groups is 1. The third-order valence-corrected chi connectivity index (χ3v) is 5.21. The minimum atomic E-state index is 0.573. The quantitative estimate of drug-likeness (QED) is 0.840. The fourth-order valence-electron chi connectivity index (χ4n) is 2.83. The molecule has 1 aromatic rings. The Morgan fingerprint density at radius 3 is 2.65 bits per heavy atom. The number of hydrogen-bond donors (Lipinski definition) is 2. The largest absolute Gasteiger partial charge is 0.370 e. The molecule has 2 saturated carbocycles. The Balaban J connectivity index is 1.71. The van der Waals surface area contributed by atoms with Gasteiger partial charge in [-0.05, 0) is 45.3 Å². The highest BCUT2D eigenvalue weighted by atomic mass is 32.2. The van der Waals surface area contributed by atoms with Crippen molar-refractivity contribution in [1.29, 1.82) is 0 Å². The Kier molecular flexibility index (Phi) is 4.34. The molecule has 1 heterocycles. The summed E-state index contributed by atoms with van der Waals surface area (Å²) >= 11 is 1.99. The van der Waals surface area contributed by atoms with Crippen molar-refractivity contribution in [3.05, 3.63) is 11.9 Å². The van der Waals surface area contributed by atoms with Gasteiger partial charge in [-0.1, -0.05) is 0 Å². The van der Waals surface area contributed by atoms with E-state index < -0.39 is 0 Å². The Morgan fingerprint density at radius 1 is 1.20 bits per heavy atom. The van der Waals surface area contributed by atoms with Crippen molar-refractivity contribution in [1.82, 2.24) is 9.97 Å². The van der Waals surface area contributed by atoms with Gasteiger partial charge in [0.25, 0.3) is 0 Å². The summed E-state index contributed by atoms with van der Waals surface area (Å²) < 4.78 is 0.